The van der Waals surface area contributed by atoms with Gasteiger partial charge in [-0.05, 0) is 29.8 Å². The van der Waals surface area contributed by atoms with Gasteiger partial charge in [0.1, 0.15) is 4.88 Å². The number of carboxylic acid groups (broad SMARTS) is 1. The molecule has 2 aromatic rings. The van der Waals surface area contributed by atoms with Crippen LogP contribution in [0.2, 0.25) is 0 Å². The van der Waals surface area contributed by atoms with Crippen LogP contribution in [0.1, 0.15) is 15.2 Å². The molecule has 2 rings (SSSR count). The molecule has 1 heterocycles. The van der Waals surface area contributed by atoms with Crippen LogP contribution in [0.3, 0.4) is 0 Å². The van der Waals surface area contributed by atoms with Gasteiger partial charge in [0.15, 0.2) is 11.6 Å². The molecule has 104 valence electrons. The fourth-order valence-electron chi connectivity index (χ4n) is 1.54. The Bertz CT molecular complexity index is 669. The number of carboxylic acids is 1. The highest BCUT2D eigenvalue weighted by Gasteiger charge is 2.11. The molecule has 0 fully saturated rings. The smallest absolute Gasteiger partial charge is 0.345 e. The van der Waals surface area contributed by atoms with E-state index in [0.29, 0.717) is 10.6 Å². The van der Waals surface area contributed by atoms with Gasteiger partial charge in [-0.2, -0.15) is 0 Å². The summed E-state index contributed by atoms with van der Waals surface area (Å²) in [5.41, 5.74) is 0.330. The van der Waals surface area contributed by atoms with Gasteiger partial charge >= 0.3 is 5.97 Å². The van der Waals surface area contributed by atoms with Crippen molar-refractivity contribution in [2.24, 2.45) is 0 Å². The third kappa shape index (κ3) is 3.39. The summed E-state index contributed by atoms with van der Waals surface area (Å²) >= 11 is 0.920. The Kier molecular flexibility index (Phi) is 4.09. The number of thiophene rings is 1. The lowest BCUT2D eigenvalue weighted by Crippen LogP contribution is -2.13. The van der Waals surface area contributed by atoms with Crippen LogP contribution in [-0.4, -0.2) is 17.0 Å². The van der Waals surface area contributed by atoms with Gasteiger partial charge in [-0.3, -0.25) is 4.79 Å². The van der Waals surface area contributed by atoms with Gasteiger partial charge < -0.3 is 10.4 Å². The second-order valence-electron chi connectivity index (χ2n) is 3.94. The van der Waals surface area contributed by atoms with Gasteiger partial charge in [0, 0.05) is 0 Å². The van der Waals surface area contributed by atoms with Crippen LogP contribution in [0.4, 0.5) is 13.8 Å². The van der Waals surface area contributed by atoms with Crippen molar-refractivity contribution < 1.29 is 23.5 Å². The van der Waals surface area contributed by atoms with Crippen molar-refractivity contribution in [2.75, 3.05) is 5.32 Å². The molecule has 0 bridgehead atoms. The second-order valence-corrected chi connectivity index (χ2v) is 5.03. The topological polar surface area (TPSA) is 66.4 Å². The first-order valence-electron chi connectivity index (χ1n) is 5.52. The first kappa shape index (κ1) is 14.1. The summed E-state index contributed by atoms with van der Waals surface area (Å²) in [5, 5.41) is 11.6. The third-order valence-corrected chi connectivity index (χ3v) is 3.42. The number of rotatable bonds is 4. The fraction of sp³-hybridized carbons (Fsp3) is 0.0769. The molecule has 0 radical (unpaired) electrons. The molecule has 0 saturated carbocycles. The number of carbonyl (C=O) groups is 2. The highest BCUT2D eigenvalue weighted by Crippen LogP contribution is 2.22. The first-order chi connectivity index (χ1) is 9.45. The summed E-state index contributed by atoms with van der Waals surface area (Å²) in [7, 11) is 0. The van der Waals surface area contributed by atoms with E-state index in [1.54, 1.807) is 0 Å². The minimum absolute atomic E-state index is 0.105. The van der Waals surface area contributed by atoms with Crippen molar-refractivity contribution in [2.45, 2.75) is 6.42 Å². The van der Waals surface area contributed by atoms with E-state index in [4.69, 9.17) is 5.11 Å². The quantitative estimate of drug-likeness (QED) is 0.912. The zero-order valence-electron chi connectivity index (χ0n) is 10.0. The Balaban J connectivity index is 2.01. The number of nitrogens with one attached hydrogen (secondary N) is 1. The number of hydrogen-bond acceptors (Lipinski definition) is 3. The highest BCUT2D eigenvalue weighted by molar-refractivity contribution is 7.18. The fourth-order valence-corrected chi connectivity index (χ4v) is 2.30. The van der Waals surface area contributed by atoms with Crippen LogP contribution >= 0.6 is 11.3 Å². The predicted molar refractivity (Wildman–Crippen MR) is 70.0 cm³/mol. The van der Waals surface area contributed by atoms with E-state index in [0.717, 1.165) is 23.5 Å². The van der Waals surface area contributed by atoms with Crippen LogP contribution in [-0.2, 0) is 11.2 Å². The van der Waals surface area contributed by atoms with Crippen LogP contribution < -0.4 is 5.32 Å². The molecule has 7 heteroatoms. The molecule has 2 N–H and O–H groups in total. The molecule has 1 aromatic carbocycles. The molecule has 0 saturated heterocycles. The summed E-state index contributed by atoms with van der Waals surface area (Å²) < 4.78 is 25.7. The molecule has 0 aliphatic carbocycles. The molecular weight excluding hydrogens is 288 g/mol. The summed E-state index contributed by atoms with van der Waals surface area (Å²) in [5.74, 6) is -3.50. The number of carbonyl (C=O) groups excluding carboxylic acids is 1. The molecule has 0 spiro atoms. The Hall–Kier alpha value is -2.28. The molecule has 1 amide bonds. The van der Waals surface area contributed by atoms with E-state index in [-0.39, 0.29) is 11.3 Å². The van der Waals surface area contributed by atoms with E-state index < -0.39 is 23.5 Å². The molecular formula is C13H9F2NO3S. The van der Waals surface area contributed by atoms with Gasteiger partial charge in [0.2, 0.25) is 5.91 Å². The minimum atomic E-state index is -1.07. The number of hydrogen-bond donors (Lipinski definition) is 2. The standard InChI is InChI=1S/C13H9F2NO3S/c14-8-2-1-7(5-9(8)15)6-11(17)16-12-4-3-10(20-12)13(18)19/h1-5H,6H2,(H,16,17)(H,18,19). The Morgan fingerprint density at radius 2 is 1.90 bits per heavy atom. The molecule has 1 aromatic heterocycles. The van der Waals surface area contributed by atoms with Gasteiger partial charge in [-0.15, -0.1) is 11.3 Å². The van der Waals surface area contributed by atoms with Crippen molar-refractivity contribution in [3.8, 4) is 0 Å². The van der Waals surface area contributed by atoms with Crippen molar-refractivity contribution in [1.29, 1.82) is 0 Å². The van der Waals surface area contributed by atoms with Gasteiger partial charge in [-0.25, -0.2) is 13.6 Å². The van der Waals surface area contributed by atoms with Crippen molar-refractivity contribution in [3.05, 3.63) is 52.4 Å². The average molecular weight is 297 g/mol. The maximum atomic E-state index is 13.0. The van der Waals surface area contributed by atoms with E-state index in [1.807, 2.05) is 0 Å². The number of anilines is 1. The molecule has 0 aliphatic heterocycles. The zero-order chi connectivity index (χ0) is 14.7. The largest absolute Gasteiger partial charge is 0.477 e. The van der Waals surface area contributed by atoms with Gasteiger partial charge in [0.25, 0.3) is 0 Å². The first-order valence-corrected chi connectivity index (χ1v) is 6.34. The third-order valence-electron chi connectivity index (χ3n) is 2.43. The predicted octanol–water partition coefficient (Wildman–Crippen LogP) is 2.91. The summed E-state index contributed by atoms with van der Waals surface area (Å²) in [4.78, 5) is 22.5. The highest BCUT2D eigenvalue weighted by atomic mass is 32.1. The Morgan fingerprint density at radius 3 is 2.50 bits per heavy atom. The lowest BCUT2D eigenvalue weighted by atomic mass is 10.1. The normalized spacial score (nSPS) is 10.3. The van der Waals surface area contributed by atoms with E-state index in [9.17, 15) is 18.4 Å². The Labute approximate surface area is 116 Å². The van der Waals surface area contributed by atoms with E-state index >= 15 is 0 Å². The van der Waals surface area contributed by atoms with Crippen LogP contribution in [0.25, 0.3) is 0 Å². The van der Waals surface area contributed by atoms with Gasteiger partial charge in [-0.1, -0.05) is 6.07 Å². The minimum Gasteiger partial charge on any atom is -0.477 e. The number of aromatic carboxylic acids is 1. The lowest BCUT2D eigenvalue weighted by molar-refractivity contribution is -0.115. The number of benzene rings is 1. The van der Waals surface area contributed by atoms with E-state index in [1.165, 1.54) is 18.2 Å². The summed E-state index contributed by atoms with van der Waals surface area (Å²) in [6.07, 6.45) is -0.127. The Morgan fingerprint density at radius 1 is 1.15 bits per heavy atom. The number of halogens is 2. The second kappa shape index (κ2) is 5.79. The van der Waals surface area contributed by atoms with E-state index in [2.05, 4.69) is 5.32 Å². The molecule has 4 nitrogen and oxygen atoms in total. The maximum absolute atomic E-state index is 13.0. The molecule has 0 unspecified atom stereocenters. The van der Waals surface area contributed by atoms with Crippen LogP contribution in [0.5, 0.6) is 0 Å². The monoisotopic (exact) mass is 297 g/mol. The van der Waals surface area contributed by atoms with Crippen LogP contribution in [0, 0.1) is 11.6 Å². The SMILES string of the molecule is O=C(Cc1ccc(F)c(F)c1)Nc1ccc(C(=O)O)s1. The maximum Gasteiger partial charge on any atom is 0.345 e. The average Bonchev–Trinajstić information content (AvgIpc) is 2.82. The van der Waals surface area contributed by atoms with Gasteiger partial charge in [0.05, 0.1) is 11.4 Å². The summed E-state index contributed by atoms with van der Waals surface area (Å²) in [6.45, 7) is 0. The zero-order valence-corrected chi connectivity index (χ0v) is 10.8. The van der Waals surface area contributed by atoms with Crippen molar-refractivity contribution >= 4 is 28.2 Å². The van der Waals surface area contributed by atoms with Crippen molar-refractivity contribution in [3.63, 3.8) is 0 Å². The molecule has 0 atom stereocenters. The van der Waals surface area contributed by atoms with Crippen molar-refractivity contribution in [1.82, 2.24) is 0 Å². The lowest BCUT2D eigenvalue weighted by Gasteiger charge is -2.03. The summed E-state index contributed by atoms with van der Waals surface area (Å²) in [6, 6.07) is 6.06. The molecule has 20 heavy (non-hydrogen) atoms. The van der Waals surface area contributed by atoms with Crippen LogP contribution in [0.15, 0.2) is 30.3 Å². The number of amides is 1. The molecule has 0 aliphatic rings.